The van der Waals surface area contributed by atoms with Gasteiger partial charge >= 0.3 is 5.97 Å². The van der Waals surface area contributed by atoms with Crippen LogP contribution in [0.15, 0.2) is 17.7 Å². The molecular weight excluding hydrogens is 290 g/mol. The number of nitriles is 1. The van der Waals surface area contributed by atoms with Crippen LogP contribution in [0.5, 0.6) is 0 Å². The predicted molar refractivity (Wildman–Crippen MR) is 67.2 cm³/mol. The lowest BCUT2D eigenvalue weighted by Crippen LogP contribution is -2.05. The zero-order valence-electron chi connectivity index (χ0n) is 8.70. The fourth-order valence-electron chi connectivity index (χ4n) is 1.03. The Morgan fingerprint density at radius 3 is 2.94 bits per heavy atom. The summed E-state index contributed by atoms with van der Waals surface area (Å²) in [6.07, 6.45) is 1.55. The van der Waals surface area contributed by atoms with Crippen LogP contribution in [0.25, 0.3) is 6.08 Å². The molecule has 3 nitrogen and oxygen atoms in total. The van der Waals surface area contributed by atoms with Crippen molar-refractivity contribution in [2.75, 3.05) is 6.61 Å². The summed E-state index contributed by atoms with van der Waals surface area (Å²) in [7, 11) is 0. The standard InChI is InChI=1S/C11H10BrNO2S/c1-2-15-11(14)8(7-13)5-9-3-4-10(6-12)16-9/h3-5H,2,6H2,1H3/b8-5+. The number of hydrogen-bond donors (Lipinski definition) is 0. The Balaban J connectivity index is 2.88. The van der Waals surface area contributed by atoms with Gasteiger partial charge in [-0.25, -0.2) is 4.79 Å². The minimum absolute atomic E-state index is 0.0322. The molecule has 0 radical (unpaired) electrons. The predicted octanol–water partition coefficient (Wildman–Crippen LogP) is 3.11. The van der Waals surface area contributed by atoms with E-state index in [-0.39, 0.29) is 12.2 Å². The van der Waals surface area contributed by atoms with E-state index >= 15 is 0 Å². The van der Waals surface area contributed by atoms with Gasteiger partial charge in [-0.05, 0) is 25.1 Å². The summed E-state index contributed by atoms with van der Waals surface area (Å²) in [5.41, 5.74) is 0.0322. The van der Waals surface area contributed by atoms with Crippen molar-refractivity contribution in [1.29, 1.82) is 5.26 Å². The van der Waals surface area contributed by atoms with Crippen LogP contribution in [0.2, 0.25) is 0 Å². The minimum Gasteiger partial charge on any atom is -0.462 e. The number of carbonyl (C=O) groups excluding carboxylic acids is 1. The topological polar surface area (TPSA) is 50.1 Å². The Morgan fingerprint density at radius 2 is 2.44 bits per heavy atom. The highest BCUT2D eigenvalue weighted by molar-refractivity contribution is 9.08. The van der Waals surface area contributed by atoms with E-state index in [1.54, 1.807) is 13.0 Å². The molecule has 1 aromatic rings. The first-order chi connectivity index (χ1) is 7.71. The highest BCUT2D eigenvalue weighted by atomic mass is 79.9. The Bertz CT molecular complexity index is 445. The number of halogens is 1. The van der Waals surface area contributed by atoms with Gasteiger partial charge in [0, 0.05) is 15.1 Å². The van der Waals surface area contributed by atoms with Gasteiger partial charge in [-0.1, -0.05) is 15.9 Å². The summed E-state index contributed by atoms with van der Waals surface area (Å²) in [6, 6.07) is 5.67. The van der Waals surface area contributed by atoms with Crippen LogP contribution in [-0.2, 0) is 14.9 Å². The molecular formula is C11H10BrNO2S. The fourth-order valence-corrected chi connectivity index (χ4v) is 2.37. The Kier molecular flexibility index (Phi) is 5.23. The summed E-state index contributed by atoms with van der Waals surface area (Å²) < 4.78 is 4.77. The first-order valence-electron chi connectivity index (χ1n) is 4.64. The van der Waals surface area contributed by atoms with E-state index in [9.17, 15) is 4.79 Å². The maximum atomic E-state index is 11.3. The number of carbonyl (C=O) groups is 1. The van der Waals surface area contributed by atoms with Crippen LogP contribution in [0, 0.1) is 11.3 Å². The Morgan fingerprint density at radius 1 is 1.69 bits per heavy atom. The average Bonchev–Trinajstić information content (AvgIpc) is 2.73. The monoisotopic (exact) mass is 299 g/mol. The van der Waals surface area contributed by atoms with Gasteiger partial charge in [-0.15, -0.1) is 11.3 Å². The van der Waals surface area contributed by atoms with Crippen LogP contribution < -0.4 is 0 Å². The number of rotatable bonds is 4. The Labute approximate surface area is 106 Å². The van der Waals surface area contributed by atoms with E-state index in [4.69, 9.17) is 10.00 Å². The summed E-state index contributed by atoms with van der Waals surface area (Å²) in [4.78, 5) is 13.4. The number of nitrogens with zero attached hydrogens (tertiary/aromatic N) is 1. The third-order valence-electron chi connectivity index (χ3n) is 1.72. The normalized spacial score (nSPS) is 10.9. The smallest absolute Gasteiger partial charge is 0.348 e. The quantitative estimate of drug-likeness (QED) is 0.371. The molecule has 0 aliphatic heterocycles. The van der Waals surface area contributed by atoms with Crippen molar-refractivity contribution >= 4 is 39.3 Å². The molecule has 0 spiro atoms. The molecule has 0 N–H and O–H groups in total. The molecule has 0 saturated heterocycles. The van der Waals surface area contributed by atoms with Crippen molar-refractivity contribution in [3.8, 4) is 6.07 Å². The number of thiophene rings is 1. The van der Waals surface area contributed by atoms with Crippen LogP contribution in [0.3, 0.4) is 0 Å². The molecule has 1 aromatic heterocycles. The first-order valence-corrected chi connectivity index (χ1v) is 6.58. The lowest BCUT2D eigenvalue weighted by molar-refractivity contribution is -0.137. The molecule has 1 rings (SSSR count). The molecule has 0 saturated carbocycles. The van der Waals surface area contributed by atoms with Crippen molar-refractivity contribution in [1.82, 2.24) is 0 Å². The lowest BCUT2D eigenvalue weighted by atomic mass is 10.2. The zero-order chi connectivity index (χ0) is 12.0. The first kappa shape index (κ1) is 12.9. The van der Waals surface area contributed by atoms with Crippen molar-refractivity contribution in [2.45, 2.75) is 12.3 Å². The van der Waals surface area contributed by atoms with Crippen molar-refractivity contribution in [2.24, 2.45) is 0 Å². The lowest BCUT2D eigenvalue weighted by Gasteiger charge is -1.97. The van der Waals surface area contributed by atoms with E-state index in [0.29, 0.717) is 0 Å². The SMILES string of the molecule is CCOC(=O)/C(C#N)=C/c1ccc(CBr)s1. The van der Waals surface area contributed by atoms with Crippen LogP contribution in [0.4, 0.5) is 0 Å². The molecule has 0 atom stereocenters. The van der Waals surface area contributed by atoms with E-state index in [2.05, 4.69) is 15.9 Å². The second-order valence-corrected chi connectivity index (χ2v) is 4.59. The van der Waals surface area contributed by atoms with Gasteiger partial charge in [0.1, 0.15) is 11.6 Å². The second-order valence-electron chi connectivity index (χ2n) is 2.83. The maximum absolute atomic E-state index is 11.3. The average molecular weight is 300 g/mol. The fraction of sp³-hybridized carbons (Fsp3) is 0.273. The maximum Gasteiger partial charge on any atom is 0.348 e. The van der Waals surface area contributed by atoms with Crippen LogP contribution in [-0.4, -0.2) is 12.6 Å². The molecule has 0 aliphatic rings. The van der Waals surface area contributed by atoms with E-state index < -0.39 is 5.97 Å². The molecule has 5 heteroatoms. The van der Waals surface area contributed by atoms with Crippen molar-refractivity contribution in [3.63, 3.8) is 0 Å². The van der Waals surface area contributed by atoms with Gasteiger partial charge in [-0.3, -0.25) is 0 Å². The molecule has 0 fully saturated rings. The molecule has 16 heavy (non-hydrogen) atoms. The van der Waals surface area contributed by atoms with Gasteiger partial charge in [0.25, 0.3) is 0 Å². The minimum atomic E-state index is -0.571. The van der Waals surface area contributed by atoms with Gasteiger partial charge in [-0.2, -0.15) is 5.26 Å². The molecule has 0 amide bonds. The summed E-state index contributed by atoms with van der Waals surface area (Å²) in [5, 5.41) is 9.60. The number of esters is 1. The summed E-state index contributed by atoms with van der Waals surface area (Å²) in [5.74, 6) is -0.571. The van der Waals surface area contributed by atoms with E-state index in [1.807, 2.05) is 18.2 Å². The van der Waals surface area contributed by atoms with Gasteiger partial charge in [0.15, 0.2) is 0 Å². The van der Waals surface area contributed by atoms with E-state index in [0.717, 1.165) is 15.1 Å². The zero-order valence-corrected chi connectivity index (χ0v) is 11.1. The third-order valence-corrected chi connectivity index (χ3v) is 3.72. The van der Waals surface area contributed by atoms with Crippen molar-refractivity contribution < 1.29 is 9.53 Å². The number of alkyl halides is 1. The second kappa shape index (κ2) is 6.46. The van der Waals surface area contributed by atoms with Crippen LogP contribution >= 0.6 is 27.3 Å². The van der Waals surface area contributed by atoms with Gasteiger partial charge in [0.05, 0.1) is 6.61 Å². The number of hydrogen-bond acceptors (Lipinski definition) is 4. The van der Waals surface area contributed by atoms with Gasteiger partial charge in [0.2, 0.25) is 0 Å². The molecule has 0 unspecified atom stereocenters. The molecule has 84 valence electrons. The molecule has 0 aromatic carbocycles. The summed E-state index contributed by atoms with van der Waals surface area (Å²) >= 11 is 4.87. The Hall–Kier alpha value is -1.12. The van der Waals surface area contributed by atoms with Crippen molar-refractivity contribution in [3.05, 3.63) is 27.5 Å². The molecule has 1 heterocycles. The van der Waals surface area contributed by atoms with Crippen LogP contribution in [0.1, 0.15) is 16.7 Å². The number of ether oxygens (including phenoxy) is 1. The van der Waals surface area contributed by atoms with Gasteiger partial charge < -0.3 is 4.74 Å². The molecule has 0 bridgehead atoms. The largest absolute Gasteiger partial charge is 0.462 e. The highest BCUT2D eigenvalue weighted by Gasteiger charge is 2.10. The third kappa shape index (κ3) is 3.47. The summed E-state index contributed by atoms with van der Waals surface area (Å²) in [6.45, 7) is 1.98. The molecule has 0 aliphatic carbocycles. The highest BCUT2D eigenvalue weighted by Crippen LogP contribution is 2.21. The van der Waals surface area contributed by atoms with E-state index in [1.165, 1.54) is 11.3 Å².